The van der Waals surface area contributed by atoms with E-state index < -0.39 is 0 Å². The minimum Gasteiger partial charge on any atom is -0.293 e. The zero-order chi connectivity index (χ0) is 17.4. The lowest BCUT2D eigenvalue weighted by molar-refractivity contribution is -0.122. The van der Waals surface area contributed by atoms with Gasteiger partial charge in [0, 0.05) is 18.2 Å². The van der Waals surface area contributed by atoms with Crippen molar-refractivity contribution >= 4 is 34.1 Å². The number of carbonyl (C=O) groups excluding carboxylic acids is 3. The molecule has 2 aromatic rings. The van der Waals surface area contributed by atoms with Gasteiger partial charge in [-0.25, -0.2) is 9.88 Å². The summed E-state index contributed by atoms with van der Waals surface area (Å²) in [4.78, 5) is 42.6. The predicted molar refractivity (Wildman–Crippen MR) is 92.3 cm³/mol. The van der Waals surface area contributed by atoms with Crippen molar-refractivity contribution in [2.75, 3.05) is 4.90 Å². The number of Topliss-reactive ketones (excluding diaryl/α,β-unsaturated/α-hetero) is 1. The minimum absolute atomic E-state index is 0.162. The van der Waals surface area contributed by atoms with Crippen molar-refractivity contribution in [3.63, 3.8) is 0 Å². The summed E-state index contributed by atoms with van der Waals surface area (Å²) in [6, 6.07) is 7.96. The molecule has 24 heavy (non-hydrogen) atoms. The third-order valence-electron chi connectivity index (χ3n) is 4.15. The fourth-order valence-electron chi connectivity index (χ4n) is 2.87. The summed E-state index contributed by atoms with van der Waals surface area (Å²) in [5.41, 5.74) is 2.52. The molecule has 124 valence electrons. The van der Waals surface area contributed by atoms with Crippen LogP contribution in [0.15, 0.2) is 24.3 Å². The van der Waals surface area contributed by atoms with Crippen LogP contribution in [0.1, 0.15) is 39.8 Å². The molecule has 6 heteroatoms. The largest absolute Gasteiger partial charge is 0.293 e. The van der Waals surface area contributed by atoms with E-state index in [1.807, 2.05) is 31.2 Å². The zero-order valence-electron chi connectivity index (χ0n) is 13.8. The third-order valence-corrected chi connectivity index (χ3v) is 5.11. The Bertz CT molecular complexity index is 823. The number of amides is 2. The zero-order valence-corrected chi connectivity index (χ0v) is 14.6. The lowest BCUT2D eigenvalue weighted by Crippen LogP contribution is -2.30. The molecule has 0 spiro atoms. The van der Waals surface area contributed by atoms with E-state index in [4.69, 9.17) is 0 Å². The molecule has 1 aromatic heterocycles. The van der Waals surface area contributed by atoms with Crippen molar-refractivity contribution in [1.82, 2.24) is 4.98 Å². The van der Waals surface area contributed by atoms with Crippen molar-refractivity contribution in [3.05, 3.63) is 46.0 Å². The summed E-state index contributed by atoms with van der Waals surface area (Å²) in [5.74, 6) is -1.01. The van der Waals surface area contributed by atoms with E-state index in [1.54, 1.807) is 6.92 Å². The van der Waals surface area contributed by atoms with Gasteiger partial charge in [-0.3, -0.25) is 14.4 Å². The van der Waals surface area contributed by atoms with E-state index in [0.29, 0.717) is 17.2 Å². The number of aryl methyl sites for hydroxylation is 2. The van der Waals surface area contributed by atoms with Crippen LogP contribution in [0.3, 0.4) is 0 Å². The first-order valence-electron chi connectivity index (χ1n) is 7.77. The number of nitrogens with zero attached hydrogens (tertiary/aromatic N) is 2. The maximum absolute atomic E-state index is 12.7. The molecule has 0 radical (unpaired) electrons. The van der Waals surface area contributed by atoms with Gasteiger partial charge in [-0.05, 0) is 25.8 Å². The number of imide groups is 1. The topological polar surface area (TPSA) is 67.3 Å². The van der Waals surface area contributed by atoms with E-state index in [-0.39, 0.29) is 29.9 Å². The van der Waals surface area contributed by atoms with Crippen molar-refractivity contribution in [3.8, 4) is 0 Å². The standard InChI is InChI=1S/C18H18N2O3S/c1-10-4-6-13(7-5-10)8-14-9-15(22)20(17(14)23)18-19-16(11(2)21)12(3)24-18/h4-7,14H,8-9H2,1-3H3. The Kier molecular flexibility index (Phi) is 4.32. The van der Waals surface area contributed by atoms with E-state index in [2.05, 4.69) is 4.98 Å². The van der Waals surface area contributed by atoms with Crippen LogP contribution in [0.2, 0.25) is 0 Å². The van der Waals surface area contributed by atoms with Crippen LogP contribution >= 0.6 is 11.3 Å². The smallest absolute Gasteiger partial charge is 0.239 e. The number of ketones is 1. The maximum Gasteiger partial charge on any atom is 0.239 e. The first kappa shape index (κ1) is 16.5. The molecule has 0 N–H and O–H groups in total. The van der Waals surface area contributed by atoms with Gasteiger partial charge in [0.05, 0.1) is 5.92 Å². The van der Waals surface area contributed by atoms with Crippen LogP contribution in [0, 0.1) is 19.8 Å². The molecule has 1 aliphatic rings. The molecule has 1 unspecified atom stereocenters. The average molecular weight is 342 g/mol. The number of thiazole rings is 1. The molecule has 1 saturated heterocycles. The Labute approximate surface area is 144 Å². The Morgan fingerprint density at radius 3 is 2.50 bits per heavy atom. The van der Waals surface area contributed by atoms with Crippen LogP contribution in [-0.2, 0) is 16.0 Å². The molecular formula is C18H18N2O3S. The molecule has 1 aromatic carbocycles. The van der Waals surface area contributed by atoms with E-state index in [9.17, 15) is 14.4 Å². The second kappa shape index (κ2) is 6.28. The molecule has 3 rings (SSSR count). The van der Waals surface area contributed by atoms with Gasteiger partial charge in [-0.2, -0.15) is 0 Å². The molecule has 1 fully saturated rings. The Morgan fingerprint density at radius 2 is 1.92 bits per heavy atom. The first-order valence-corrected chi connectivity index (χ1v) is 8.59. The maximum atomic E-state index is 12.7. The summed E-state index contributed by atoms with van der Waals surface area (Å²) in [6.07, 6.45) is 0.714. The van der Waals surface area contributed by atoms with Gasteiger partial charge in [0.15, 0.2) is 10.9 Å². The predicted octanol–water partition coefficient (Wildman–Crippen LogP) is 3.08. The van der Waals surface area contributed by atoms with Crippen LogP contribution in [0.5, 0.6) is 0 Å². The van der Waals surface area contributed by atoms with E-state index in [0.717, 1.165) is 20.9 Å². The van der Waals surface area contributed by atoms with Crippen LogP contribution < -0.4 is 4.90 Å². The van der Waals surface area contributed by atoms with Crippen molar-refractivity contribution in [2.24, 2.45) is 5.92 Å². The quantitative estimate of drug-likeness (QED) is 0.632. The number of hydrogen-bond donors (Lipinski definition) is 0. The van der Waals surface area contributed by atoms with Gasteiger partial charge in [0.2, 0.25) is 11.8 Å². The lowest BCUT2D eigenvalue weighted by Gasteiger charge is -2.11. The summed E-state index contributed by atoms with van der Waals surface area (Å²) in [6.45, 7) is 5.21. The molecule has 0 bridgehead atoms. The van der Waals surface area contributed by atoms with Gasteiger partial charge in [-0.15, -0.1) is 11.3 Å². The number of rotatable bonds is 4. The number of carbonyl (C=O) groups is 3. The molecule has 2 amide bonds. The molecule has 5 nitrogen and oxygen atoms in total. The van der Waals surface area contributed by atoms with Crippen molar-refractivity contribution < 1.29 is 14.4 Å². The SMILES string of the molecule is CC(=O)c1nc(N2C(=O)CC(Cc3ccc(C)cc3)C2=O)sc1C. The Balaban J connectivity index is 1.82. The van der Waals surface area contributed by atoms with Crippen LogP contribution in [0.4, 0.5) is 5.13 Å². The number of aromatic nitrogens is 1. The molecule has 2 heterocycles. The van der Waals surface area contributed by atoms with Crippen molar-refractivity contribution in [1.29, 1.82) is 0 Å². The normalized spacial score (nSPS) is 17.6. The van der Waals surface area contributed by atoms with E-state index in [1.165, 1.54) is 18.3 Å². The minimum atomic E-state index is -0.370. The van der Waals surface area contributed by atoms with Gasteiger partial charge >= 0.3 is 0 Å². The summed E-state index contributed by atoms with van der Waals surface area (Å²) in [5, 5.41) is 0.305. The molecular weight excluding hydrogens is 324 g/mol. The number of anilines is 1. The first-order chi connectivity index (χ1) is 11.4. The second-order valence-corrected chi connectivity index (χ2v) is 7.30. The number of benzene rings is 1. The van der Waals surface area contributed by atoms with E-state index >= 15 is 0 Å². The molecule has 1 atom stereocenters. The Hall–Kier alpha value is -2.34. The highest BCUT2D eigenvalue weighted by atomic mass is 32.1. The Morgan fingerprint density at radius 1 is 1.25 bits per heavy atom. The lowest BCUT2D eigenvalue weighted by atomic mass is 9.97. The molecule has 1 aliphatic heterocycles. The van der Waals surface area contributed by atoms with Crippen LogP contribution in [-0.4, -0.2) is 22.6 Å². The monoisotopic (exact) mass is 342 g/mol. The molecule has 0 saturated carbocycles. The van der Waals surface area contributed by atoms with Gasteiger partial charge < -0.3 is 0 Å². The van der Waals surface area contributed by atoms with Gasteiger partial charge in [0.1, 0.15) is 5.69 Å². The summed E-state index contributed by atoms with van der Waals surface area (Å²) >= 11 is 1.21. The highest BCUT2D eigenvalue weighted by molar-refractivity contribution is 7.16. The van der Waals surface area contributed by atoms with Gasteiger partial charge in [0.25, 0.3) is 0 Å². The van der Waals surface area contributed by atoms with Gasteiger partial charge in [-0.1, -0.05) is 29.8 Å². The summed E-state index contributed by atoms with van der Waals surface area (Å²) < 4.78 is 0. The highest BCUT2D eigenvalue weighted by Crippen LogP contribution is 2.33. The summed E-state index contributed by atoms with van der Waals surface area (Å²) in [7, 11) is 0. The fourth-order valence-corrected chi connectivity index (χ4v) is 3.85. The third kappa shape index (κ3) is 3.01. The van der Waals surface area contributed by atoms with Crippen molar-refractivity contribution in [2.45, 2.75) is 33.6 Å². The highest BCUT2D eigenvalue weighted by Gasteiger charge is 2.41. The van der Waals surface area contributed by atoms with Crippen LogP contribution in [0.25, 0.3) is 0 Å². The fraction of sp³-hybridized carbons (Fsp3) is 0.333. The second-order valence-electron chi connectivity index (χ2n) is 6.12. The average Bonchev–Trinajstić information content (AvgIpc) is 3.02. The number of hydrogen-bond acceptors (Lipinski definition) is 5. The molecule has 0 aliphatic carbocycles.